The summed E-state index contributed by atoms with van der Waals surface area (Å²) in [7, 11) is 3.02. The lowest BCUT2D eigenvalue weighted by Gasteiger charge is -2.34. The van der Waals surface area contributed by atoms with E-state index in [1.807, 2.05) is 35.2 Å². The zero-order chi connectivity index (χ0) is 30.5. The highest BCUT2D eigenvalue weighted by atomic mass is 19.3. The monoisotopic (exact) mass is 589 g/mol. The molecule has 0 saturated carbocycles. The maximum Gasteiger partial charge on any atom is 0.337 e. The Morgan fingerprint density at radius 3 is 2.30 bits per heavy atom. The molecule has 3 aromatic carbocycles. The third kappa shape index (κ3) is 6.90. The Labute approximate surface area is 248 Å². The van der Waals surface area contributed by atoms with Crippen molar-refractivity contribution in [3.05, 3.63) is 89.5 Å². The fourth-order valence-corrected chi connectivity index (χ4v) is 5.18. The van der Waals surface area contributed by atoms with Crippen molar-refractivity contribution in [3.8, 4) is 5.88 Å². The van der Waals surface area contributed by atoms with Gasteiger partial charge in [-0.15, -0.1) is 0 Å². The van der Waals surface area contributed by atoms with Gasteiger partial charge in [0.05, 0.1) is 42.7 Å². The number of fused-ring (bicyclic) bond motifs is 1. The maximum absolute atomic E-state index is 13.0. The Bertz CT molecular complexity index is 1610. The number of nitrogens with zero attached hydrogens (tertiary/aromatic N) is 4. The lowest BCUT2D eigenvalue weighted by Crippen LogP contribution is -2.50. The van der Waals surface area contributed by atoms with Crippen LogP contribution in [0.3, 0.4) is 0 Å². The Morgan fingerprint density at radius 2 is 1.65 bits per heavy atom. The number of halogens is 2. The number of carbonyl (C=O) groups is 2. The molecule has 1 fully saturated rings. The number of hydrogen-bond acceptors (Lipinski definition) is 7. The summed E-state index contributed by atoms with van der Waals surface area (Å²) in [4.78, 5) is 38.1. The van der Waals surface area contributed by atoms with Crippen LogP contribution < -0.4 is 4.90 Å². The van der Waals surface area contributed by atoms with E-state index in [2.05, 4.69) is 4.98 Å². The molecule has 1 saturated heterocycles. The van der Waals surface area contributed by atoms with Crippen LogP contribution in [0.1, 0.15) is 21.5 Å². The Balaban J connectivity index is 1.37. The van der Waals surface area contributed by atoms with Gasteiger partial charge in [0.2, 0.25) is 5.91 Å². The fourth-order valence-electron chi connectivity index (χ4n) is 5.18. The number of aliphatic imine (C=N–C) groups is 1. The van der Waals surface area contributed by atoms with Gasteiger partial charge in [-0.05, 0) is 36.4 Å². The molecule has 0 spiro atoms. The number of aromatic amines is 1. The first-order chi connectivity index (χ1) is 20.7. The summed E-state index contributed by atoms with van der Waals surface area (Å²) in [5, 5.41) is 11.6. The molecule has 4 aromatic rings. The van der Waals surface area contributed by atoms with Gasteiger partial charge in [-0.25, -0.2) is 18.6 Å². The number of hydrogen-bond donors (Lipinski definition) is 2. The minimum absolute atomic E-state index is 0.0865. The van der Waals surface area contributed by atoms with Gasteiger partial charge < -0.3 is 19.7 Å². The van der Waals surface area contributed by atoms with E-state index in [0.29, 0.717) is 65.3 Å². The number of H-pyrrole nitrogens is 1. The van der Waals surface area contributed by atoms with Gasteiger partial charge in [0, 0.05) is 55.4 Å². The van der Waals surface area contributed by atoms with Gasteiger partial charge in [0.25, 0.3) is 6.43 Å². The number of alkyl halides is 2. The summed E-state index contributed by atoms with van der Waals surface area (Å²) in [6.07, 6.45) is -2.36. The minimum Gasteiger partial charge on any atom is -0.494 e. The predicted octanol–water partition coefficient (Wildman–Crippen LogP) is 4.67. The Hall–Kier alpha value is -4.61. The van der Waals surface area contributed by atoms with Crippen molar-refractivity contribution in [3.63, 3.8) is 0 Å². The van der Waals surface area contributed by atoms with E-state index in [-0.39, 0.29) is 24.9 Å². The van der Waals surface area contributed by atoms with Gasteiger partial charge in [0.15, 0.2) is 5.88 Å². The molecule has 1 aliphatic heterocycles. The molecule has 1 amide bonds. The van der Waals surface area contributed by atoms with Crippen molar-refractivity contribution in [2.75, 3.05) is 58.3 Å². The first-order valence-electron chi connectivity index (χ1n) is 13.9. The highest BCUT2D eigenvalue weighted by Gasteiger charge is 2.23. The van der Waals surface area contributed by atoms with Crippen molar-refractivity contribution in [1.82, 2.24) is 14.8 Å². The van der Waals surface area contributed by atoms with E-state index in [4.69, 9.17) is 9.73 Å². The highest BCUT2D eigenvalue weighted by molar-refractivity contribution is 6.22. The normalized spacial score (nSPS) is 14.8. The van der Waals surface area contributed by atoms with Crippen molar-refractivity contribution in [2.24, 2.45) is 4.99 Å². The van der Waals surface area contributed by atoms with Gasteiger partial charge in [-0.3, -0.25) is 14.6 Å². The number of piperazine rings is 1. The summed E-state index contributed by atoms with van der Waals surface area (Å²) in [6, 6.07) is 21.7. The van der Waals surface area contributed by atoms with Gasteiger partial charge >= 0.3 is 5.97 Å². The quantitative estimate of drug-likeness (QED) is 0.217. The van der Waals surface area contributed by atoms with Crippen molar-refractivity contribution < 1.29 is 28.2 Å². The zero-order valence-electron chi connectivity index (χ0n) is 24.0. The van der Waals surface area contributed by atoms with Crippen molar-refractivity contribution in [1.29, 1.82) is 0 Å². The van der Waals surface area contributed by atoms with E-state index in [9.17, 15) is 23.5 Å². The number of anilines is 1. The summed E-state index contributed by atoms with van der Waals surface area (Å²) >= 11 is 0. The topological polar surface area (TPSA) is 101 Å². The van der Waals surface area contributed by atoms with Gasteiger partial charge in [-0.2, -0.15) is 0 Å². The molecule has 9 nitrogen and oxygen atoms in total. The minimum atomic E-state index is -2.36. The lowest BCUT2D eigenvalue weighted by atomic mass is 10.00. The standard InChI is InChI=1S/C32H33F2N5O4/c1-37(28(40)20-39-16-14-38(15-17-39)19-27(33)34)24-11-9-23(10-12-24)35-30(21-6-4-3-5-7-21)29-25-13-8-22(32(42)43-2)18-26(25)36-31(29)41/h3-13,18,27,36,41H,14-17,19-20H2,1-2H3. The van der Waals surface area contributed by atoms with Gasteiger partial charge in [0.1, 0.15) is 0 Å². The van der Waals surface area contributed by atoms with E-state index >= 15 is 0 Å². The summed E-state index contributed by atoms with van der Waals surface area (Å²) in [5.41, 5.74) is 4.00. The predicted molar refractivity (Wildman–Crippen MR) is 162 cm³/mol. The van der Waals surface area contributed by atoms with Crippen LogP contribution in [0, 0.1) is 0 Å². The molecular formula is C32H33F2N5O4. The molecule has 0 radical (unpaired) electrons. The Morgan fingerprint density at radius 1 is 0.977 bits per heavy atom. The van der Waals surface area contributed by atoms with Crippen LogP contribution in [-0.2, 0) is 9.53 Å². The molecule has 11 heteroatoms. The average Bonchev–Trinajstić information content (AvgIpc) is 3.35. The first kappa shape index (κ1) is 29.9. The molecule has 2 N–H and O–H groups in total. The number of benzene rings is 3. The Kier molecular flexibility index (Phi) is 9.13. The number of nitrogens with one attached hydrogen (secondary N) is 1. The van der Waals surface area contributed by atoms with Crippen LogP contribution in [0.25, 0.3) is 10.9 Å². The van der Waals surface area contributed by atoms with Crippen molar-refractivity contribution >= 4 is 39.9 Å². The molecule has 1 aromatic heterocycles. The van der Waals surface area contributed by atoms with Crippen LogP contribution in [0.4, 0.5) is 20.2 Å². The second kappa shape index (κ2) is 13.1. The van der Waals surface area contributed by atoms with Gasteiger partial charge in [-0.1, -0.05) is 36.4 Å². The average molecular weight is 590 g/mol. The fraction of sp³-hybridized carbons (Fsp3) is 0.281. The second-order valence-corrected chi connectivity index (χ2v) is 10.4. The molecule has 0 bridgehead atoms. The molecule has 2 heterocycles. The molecule has 0 atom stereocenters. The molecule has 0 aliphatic carbocycles. The number of ether oxygens (including phenoxy) is 1. The molecule has 43 heavy (non-hydrogen) atoms. The third-order valence-corrected chi connectivity index (χ3v) is 7.56. The van der Waals surface area contributed by atoms with Crippen LogP contribution in [0.5, 0.6) is 5.88 Å². The molecule has 1 aliphatic rings. The zero-order valence-corrected chi connectivity index (χ0v) is 24.0. The van der Waals surface area contributed by atoms with E-state index in [0.717, 1.165) is 5.56 Å². The lowest BCUT2D eigenvalue weighted by molar-refractivity contribution is -0.120. The highest BCUT2D eigenvalue weighted by Crippen LogP contribution is 2.32. The van der Waals surface area contributed by atoms with E-state index in [1.165, 1.54) is 7.11 Å². The van der Waals surface area contributed by atoms with Crippen LogP contribution in [0.15, 0.2) is 77.8 Å². The number of methoxy groups -OCH3 is 1. The maximum atomic E-state index is 13.0. The number of esters is 1. The smallest absolute Gasteiger partial charge is 0.337 e. The van der Waals surface area contributed by atoms with E-state index in [1.54, 1.807) is 59.3 Å². The number of carbonyl (C=O) groups excluding carboxylic acids is 2. The third-order valence-electron chi connectivity index (χ3n) is 7.56. The SMILES string of the molecule is COC(=O)c1ccc2c(C(=Nc3ccc(N(C)C(=O)CN4CCN(CC(F)F)CC4)cc3)c3ccccc3)c(O)[nH]c2c1. The molecule has 0 unspecified atom stereocenters. The van der Waals surface area contributed by atoms with E-state index < -0.39 is 12.4 Å². The molecule has 224 valence electrons. The largest absolute Gasteiger partial charge is 0.494 e. The number of rotatable bonds is 9. The van der Waals surface area contributed by atoms with Crippen LogP contribution in [0.2, 0.25) is 0 Å². The van der Waals surface area contributed by atoms with Crippen molar-refractivity contribution in [2.45, 2.75) is 6.43 Å². The number of aromatic hydroxyl groups is 1. The summed E-state index contributed by atoms with van der Waals surface area (Å²) in [5.74, 6) is -0.666. The number of likely N-dealkylation sites (N-methyl/N-ethyl adjacent to an activating group) is 1. The molecule has 5 rings (SSSR count). The van der Waals surface area contributed by atoms with Crippen LogP contribution >= 0.6 is 0 Å². The summed E-state index contributed by atoms with van der Waals surface area (Å²) < 4.78 is 30.1. The second-order valence-electron chi connectivity index (χ2n) is 10.4. The summed E-state index contributed by atoms with van der Waals surface area (Å²) in [6.45, 7) is 2.11. The van der Waals surface area contributed by atoms with Crippen LogP contribution in [-0.4, -0.2) is 97.3 Å². The first-order valence-corrected chi connectivity index (χ1v) is 13.9. The number of aromatic nitrogens is 1. The molecular weight excluding hydrogens is 556 g/mol. The number of amides is 1.